The zero-order chi connectivity index (χ0) is 15.5. The van der Waals surface area contributed by atoms with Crippen LogP contribution in [0.4, 0.5) is 0 Å². The molecule has 1 aromatic heterocycles. The van der Waals surface area contributed by atoms with Crippen LogP contribution in [0.3, 0.4) is 0 Å². The Hall–Kier alpha value is -1.29. The average Bonchev–Trinajstić information content (AvgIpc) is 2.45. The molecular formula is C15H13Cl3N2O. The Kier molecular flexibility index (Phi) is 5.09. The average molecular weight is 344 g/mol. The molecule has 6 heteroatoms. The number of aryl methyl sites for hydroxylation is 1. The van der Waals surface area contributed by atoms with Gasteiger partial charge in [-0.2, -0.15) is 0 Å². The lowest BCUT2D eigenvalue weighted by atomic mass is 9.98. The smallest absolute Gasteiger partial charge is 0.265 e. The van der Waals surface area contributed by atoms with Crippen molar-refractivity contribution < 1.29 is 4.74 Å². The van der Waals surface area contributed by atoms with Crippen LogP contribution in [0.25, 0.3) is 0 Å². The topological polar surface area (TPSA) is 46.0 Å². The van der Waals surface area contributed by atoms with E-state index >= 15 is 0 Å². The number of ether oxygens (including phenoxy) is 1. The maximum atomic E-state index is 7.80. The van der Waals surface area contributed by atoms with Crippen LogP contribution in [0, 0.1) is 12.3 Å². The van der Waals surface area contributed by atoms with Crippen molar-refractivity contribution >= 4 is 40.7 Å². The number of hydrogen-bond donors (Lipinski definition) is 1. The Balaban J connectivity index is 2.41. The predicted octanol–water partition coefficient (Wildman–Crippen LogP) is 4.84. The standard InChI is InChI=1S/C15H13Cl3N2O/c1-10-5-2-3-7-12(10)13(11-6-4-8-20-9-11)21-14(19)15(16,17)18/h2-9,13,19H,1H3. The summed E-state index contributed by atoms with van der Waals surface area (Å²) in [6.45, 7) is 1.96. The predicted molar refractivity (Wildman–Crippen MR) is 86.4 cm³/mol. The Morgan fingerprint density at radius 2 is 1.90 bits per heavy atom. The number of nitrogens with one attached hydrogen (secondary N) is 1. The number of rotatable bonds is 3. The summed E-state index contributed by atoms with van der Waals surface area (Å²) in [7, 11) is 0. The molecule has 1 heterocycles. The summed E-state index contributed by atoms with van der Waals surface area (Å²) in [5.41, 5.74) is 2.69. The Morgan fingerprint density at radius 3 is 2.48 bits per heavy atom. The lowest BCUT2D eigenvalue weighted by Crippen LogP contribution is -2.24. The summed E-state index contributed by atoms with van der Waals surface area (Å²) < 4.78 is 3.72. The molecule has 0 fully saturated rings. The van der Waals surface area contributed by atoms with Gasteiger partial charge < -0.3 is 4.74 Å². The highest BCUT2D eigenvalue weighted by molar-refractivity contribution is 6.76. The maximum Gasteiger partial charge on any atom is 0.265 e. The van der Waals surface area contributed by atoms with E-state index in [0.29, 0.717) is 0 Å². The molecule has 0 aliphatic heterocycles. The molecule has 0 aliphatic carbocycles. The normalized spacial score (nSPS) is 12.8. The van der Waals surface area contributed by atoms with Crippen LogP contribution in [0.5, 0.6) is 0 Å². The van der Waals surface area contributed by atoms with Gasteiger partial charge >= 0.3 is 0 Å². The highest BCUT2D eigenvalue weighted by Crippen LogP contribution is 2.34. The molecule has 0 spiro atoms. The first-order chi connectivity index (χ1) is 9.89. The van der Waals surface area contributed by atoms with E-state index in [9.17, 15) is 0 Å². The zero-order valence-corrected chi connectivity index (χ0v) is 13.5. The van der Waals surface area contributed by atoms with E-state index in [1.165, 1.54) is 0 Å². The third kappa shape index (κ3) is 4.10. The second kappa shape index (κ2) is 6.65. The molecule has 110 valence electrons. The highest BCUT2D eigenvalue weighted by atomic mass is 35.6. The molecule has 0 radical (unpaired) electrons. The fourth-order valence-electron chi connectivity index (χ4n) is 1.91. The lowest BCUT2D eigenvalue weighted by molar-refractivity contribution is 0.225. The van der Waals surface area contributed by atoms with Crippen molar-refractivity contribution in [2.75, 3.05) is 0 Å². The Bertz CT molecular complexity index is 626. The van der Waals surface area contributed by atoms with Crippen molar-refractivity contribution in [2.24, 2.45) is 0 Å². The second-order valence-electron chi connectivity index (χ2n) is 4.47. The number of halogens is 3. The van der Waals surface area contributed by atoms with E-state index in [1.54, 1.807) is 18.5 Å². The van der Waals surface area contributed by atoms with E-state index in [0.717, 1.165) is 16.7 Å². The number of nitrogens with zero attached hydrogens (tertiary/aromatic N) is 1. The summed E-state index contributed by atoms with van der Waals surface area (Å²) in [6.07, 6.45) is 2.78. The first-order valence-electron chi connectivity index (χ1n) is 6.17. The highest BCUT2D eigenvalue weighted by Gasteiger charge is 2.32. The SMILES string of the molecule is Cc1ccccc1C(OC(=N)C(Cl)(Cl)Cl)c1cccnc1. The molecule has 1 N–H and O–H groups in total. The van der Waals surface area contributed by atoms with Gasteiger partial charge in [-0.15, -0.1) is 0 Å². The van der Waals surface area contributed by atoms with Gasteiger partial charge in [0.05, 0.1) is 0 Å². The molecule has 3 nitrogen and oxygen atoms in total. The van der Waals surface area contributed by atoms with Crippen molar-refractivity contribution in [3.05, 3.63) is 65.5 Å². The molecule has 1 aromatic carbocycles. The molecular weight excluding hydrogens is 331 g/mol. The first-order valence-corrected chi connectivity index (χ1v) is 7.31. The van der Waals surface area contributed by atoms with Crippen LogP contribution >= 0.6 is 34.8 Å². The minimum atomic E-state index is -1.90. The van der Waals surface area contributed by atoms with Crippen molar-refractivity contribution in [2.45, 2.75) is 16.8 Å². The maximum absolute atomic E-state index is 7.80. The van der Waals surface area contributed by atoms with Gasteiger partial charge in [-0.05, 0) is 24.1 Å². The van der Waals surface area contributed by atoms with Crippen LogP contribution in [0.1, 0.15) is 22.8 Å². The number of alkyl halides is 3. The molecule has 1 unspecified atom stereocenters. The first kappa shape index (κ1) is 16.1. The lowest BCUT2D eigenvalue weighted by Gasteiger charge is -2.24. The number of pyridine rings is 1. The van der Waals surface area contributed by atoms with E-state index in [-0.39, 0.29) is 0 Å². The van der Waals surface area contributed by atoms with Gasteiger partial charge in [-0.1, -0.05) is 65.1 Å². The molecule has 1 atom stereocenters. The second-order valence-corrected chi connectivity index (χ2v) is 6.75. The molecule has 21 heavy (non-hydrogen) atoms. The van der Waals surface area contributed by atoms with Crippen LogP contribution in [-0.2, 0) is 4.74 Å². The van der Waals surface area contributed by atoms with Crippen molar-refractivity contribution in [1.29, 1.82) is 5.41 Å². The minimum Gasteiger partial charge on any atom is -0.465 e. The van der Waals surface area contributed by atoms with Gasteiger partial charge in [0.2, 0.25) is 5.90 Å². The molecule has 0 bridgehead atoms. The molecule has 2 rings (SSSR count). The Labute approximate surface area is 138 Å². The van der Waals surface area contributed by atoms with Gasteiger partial charge in [0, 0.05) is 18.0 Å². The summed E-state index contributed by atoms with van der Waals surface area (Å²) in [6, 6.07) is 11.4. The van der Waals surface area contributed by atoms with Crippen LogP contribution in [-0.4, -0.2) is 14.7 Å². The molecule has 0 amide bonds. The third-order valence-electron chi connectivity index (χ3n) is 2.95. The number of hydrogen-bond acceptors (Lipinski definition) is 3. The molecule has 0 saturated carbocycles. The van der Waals surface area contributed by atoms with Crippen molar-refractivity contribution in [1.82, 2.24) is 4.98 Å². The van der Waals surface area contributed by atoms with Crippen molar-refractivity contribution in [3.63, 3.8) is 0 Å². The molecule has 0 aliphatic rings. The van der Waals surface area contributed by atoms with E-state index in [2.05, 4.69) is 4.98 Å². The van der Waals surface area contributed by atoms with Crippen molar-refractivity contribution in [3.8, 4) is 0 Å². The zero-order valence-electron chi connectivity index (χ0n) is 11.2. The quantitative estimate of drug-likeness (QED) is 0.492. The van der Waals surface area contributed by atoms with Gasteiger partial charge in [0.25, 0.3) is 3.79 Å². The Morgan fingerprint density at radius 1 is 1.19 bits per heavy atom. The van der Waals surface area contributed by atoms with Crippen LogP contribution in [0.2, 0.25) is 0 Å². The summed E-state index contributed by atoms with van der Waals surface area (Å²) in [4.78, 5) is 4.08. The molecule has 0 saturated heterocycles. The minimum absolute atomic E-state index is 0.426. The fraction of sp³-hybridized carbons (Fsp3) is 0.200. The number of aromatic nitrogens is 1. The van der Waals surface area contributed by atoms with E-state index in [1.807, 2.05) is 37.3 Å². The van der Waals surface area contributed by atoms with Gasteiger partial charge in [-0.3, -0.25) is 10.4 Å². The van der Waals surface area contributed by atoms with Crippen LogP contribution in [0.15, 0.2) is 48.8 Å². The fourth-order valence-corrected chi connectivity index (χ4v) is 2.04. The summed E-state index contributed by atoms with van der Waals surface area (Å²) >= 11 is 17.1. The van der Waals surface area contributed by atoms with E-state index < -0.39 is 15.8 Å². The van der Waals surface area contributed by atoms with Crippen LogP contribution < -0.4 is 0 Å². The number of benzene rings is 1. The van der Waals surface area contributed by atoms with Gasteiger partial charge in [0.15, 0.2) is 6.10 Å². The molecule has 2 aromatic rings. The van der Waals surface area contributed by atoms with E-state index in [4.69, 9.17) is 44.9 Å². The summed E-state index contributed by atoms with van der Waals surface area (Å²) in [5, 5.41) is 7.80. The monoisotopic (exact) mass is 342 g/mol. The van der Waals surface area contributed by atoms with Gasteiger partial charge in [0.1, 0.15) is 0 Å². The largest absolute Gasteiger partial charge is 0.465 e. The third-order valence-corrected chi connectivity index (χ3v) is 3.47. The summed E-state index contributed by atoms with van der Waals surface area (Å²) in [5.74, 6) is -0.426. The van der Waals surface area contributed by atoms with Gasteiger partial charge in [-0.25, -0.2) is 0 Å².